The number of ether oxygens (including phenoxy) is 1. The first-order valence-electron chi connectivity index (χ1n) is 7.79. The van der Waals surface area contributed by atoms with Crippen LogP contribution in [0.5, 0.6) is 0 Å². The largest absolute Gasteiger partial charge is 0.452 e. The van der Waals surface area contributed by atoms with Gasteiger partial charge in [-0.05, 0) is 37.3 Å². The van der Waals surface area contributed by atoms with Crippen LogP contribution < -0.4 is 5.32 Å². The van der Waals surface area contributed by atoms with E-state index in [1.807, 2.05) is 0 Å². The number of halogens is 2. The lowest BCUT2D eigenvalue weighted by Gasteiger charge is -2.15. The molecule has 0 aliphatic carbocycles. The van der Waals surface area contributed by atoms with Crippen molar-refractivity contribution in [1.82, 2.24) is 5.32 Å². The third-order valence-electron chi connectivity index (χ3n) is 3.66. The minimum Gasteiger partial charge on any atom is -0.452 e. The van der Waals surface area contributed by atoms with Crippen molar-refractivity contribution < 1.29 is 31.5 Å². The number of nitrogens with one attached hydrogen (secondary N) is 1. The van der Waals surface area contributed by atoms with E-state index in [2.05, 4.69) is 5.32 Å². The third-order valence-corrected chi connectivity index (χ3v) is 4.79. The summed E-state index contributed by atoms with van der Waals surface area (Å²) in [5.74, 6) is -3.02. The fourth-order valence-electron chi connectivity index (χ4n) is 2.27. The van der Waals surface area contributed by atoms with E-state index in [0.717, 1.165) is 12.3 Å². The predicted octanol–water partition coefficient (Wildman–Crippen LogP) is 2.40. The molecule has 6 nitrogen and oxygen atoms in total. The SMILES string of the molecule is C[C@H](NC(=O)COC(=O)c1ccc(S(C)(=O)=O)cc1)c1ccc(F)cc1F. The number of benzene rings is 2. The molecule has 1 amide bonds. The Bertz CT molecular complexity index is 958. The molecule has 0 bridgehead atoms. The second-order valence-corrected chi connectivity index (χ2v) is 7.84. The number of hydrogen-bond acceptors (Lipinski definition) is 5. The maximum absolute atomic E-state index is 13.7. The summed E-state index contributed by atoms with van der Waals surface area (Å²) in [4.78, 5) is 23.8. The van der Waals surface area contributed by atoms with Crippen molar-refractivity contribution >= 4 is 21.7 Å². The average Bonchev–Trinajstić information content (AvgIpc) is 2.58. The first-order valence-corrected chi connectivity index (χ1v) is 9.68. The van der Waals surface area contributed by atoms with Gasteiger partial charge in [0.25, 0.3) is 5.91 Å². The van der Waals surface area contributed by atoms with E-state index in [-0.39, 0.29) is 16.0 Å². The Labute approximate surface area is 155 Å². The van der Waals surface area contributed by atoms with E-state index in [0.29, 0.717) is 6.07 Å². The van der Waals surface area contributed by atoms with E-state index in [1.54, 1.807) is 0 Å². The normalized spacial score (nSPS) is 12.3. The number of amides is 1. The lowest BCUT2D eigenvalue weighted by atomic mass is 10.1. The summed E-state index contributed by atoms with van der Waals surface area (Å²) in [6.07, 6.45) is 1.04. The molecule has 27 heavy (non-hydrogen) atoms. The number of hydrogen-bond donors (Lipinski definition) is 1. The van der Waals surface area contributed by atoms with Crippen LogP contribution in [0.15, 0.2) is 47.4 Å². The number of carbonyl (C=O) groups excluding carboxylic acids is 2. The highest BCUT2D eigenvalue weighted by atomic mass is 32.2. The number of carbonyl (C=O) groups is 2. The highest BCUT2D eigenvalue weighted by Gasteiger charge is 2.16. The van der Waals surface area contributed by atoms with E-state index in [4.69, 9.17) is 4.74 Å². The first kappa shape index (κ1) is 20.5. The molecule has 0 saturated heterocycles. The van der Waals surface area contributed by atoms with Gasteiger partial charge in [-0.3, -0.25) is 4.79 Å². The predicted molar refractivity (Wildman–Crippen MR) is 92.8 cm³/mol. The third kappa shape index (κ3) is 5.58. The van der Waals surface area contributed by atoms with Gasteiger partial charge in [0, 0.05) is 17.9 Å². The monoisotopic (exact) mass is 397 g/mol. The van der Waals surface area contributed by atoms with Gasteiger partial charge in [0.15, 0.2) is 16.4 Å². The molecule has 2 aromatic rings. The van der Waals surface area contributed by atoms with E-state index < -0.39 is 46.0 Å². The second kappa shape index (κ2) is 8.26. The smallest absolute Gasteiger partial charge is 0.338 e. The van der Waals surface area contributed by atoms with Crippen molar-refractivity contribution in [3.8, 4) is 0 Å². The Morgan fingerprint density at radius 2 is 1.74 bits per heavy atom. The topological polar surface area (TPSA) is 89.5 Å². The first-order chi connectivity index (χ1) is 12.6. The van der Waals surface area contributed by atoms with Crippen molar-refractivity contribution in [2.24, 2.45) is 0 Å². The molecule has 2 rings (SSSR count). The van der Waals surface area contributed by atoms with Crippen molar-refractivity contribution in [2.45, 2.75) is 17.9 Å². The minimum absolute atomic E-state index is 0.0481. The fraction of sp³-hybridized carbons (Fsp3) is 0.222. The van der Waals surface area contributed by atoms with Gasteiger partial charge in [0.2, 0.25) is 0 Å². The summed E-state index contributed by atoms with van der Waals surface area (Å²) in [6.45, 7) is 0.889. The number of sulfone groups is 1. The molecule has 0 aliphatic heterocycles. The Hall–Kier alpha value is -2.81. The summed E-state index contributed by atoms with van der Waals surface area (Å²) >= 11 is 0. The van der Waals surface area contributed by atoms with Crippen LogP contribution in [-0.4, -0.2) is 33.2 Å². The molecular weight excluding hydrogens is 380 g/mol. The van der Waals surface area contributed by atoms with Crippen LogP contribution in [0.1, 0.15) is 28.9 Å². The van der Waals surface area contributed by atoms with Crippen LogP contribution in [0, 0.1) is 11.6 Å². The van der Waals surface area contributed by atoms with Crippen LogP contribution in [0.3, 0.4) is 0 Å². The number of rotatable bonds is 6. The summed E-state index contributed by atoms with van der Waals surface area (Å²) in [7, 11) is -3.39. The zero-order chi connectivity index (χ0) is 20.2. The Kier molecular flexibility index (Phi) is 6.27. The van der Waals surface area contributed by atoms with Crippen molar-refractivity contribution in [1.29, 1.82) is 0 Å². The van der Waals surface area contributed by atoms with Gasteiger partial charge in [0.05, 0.1) is 16.5 Å². The highest BCUT2D eigenvalue weighted by Crippen LogP contribution is 2.17. The van der Waals surface area contributed by atoms with E-state index in [9.17, 15) is 26.8 Å². The molecule has 0 spiro atoms. The number of esters is 1. The van der Waals surface area contributed by atoms with Gasteiger partial charge in [-0.25, -0.2) is 22.0 Å². The zero-order valence-electron chi connectivity index (χ0n) is 14.5. The summed E-state index contributed by atoms with van der Waals surface area (Å²) in [5, 5.41) is 2.43. The molecule has 0 aromatic heterocycles. The molecule has 0 aliphatic rings. The average molecular weight is 397 g/mol. The standard InChI is InChI=1S/C18H17F2NO5S/c1-11(15-8-5-13(19)9-16(15)20)21-17(22)10-26-18(23)12-3-6-14(7-4-12)27(2,24)25/h3-9,11H,10H2,1-2H3,(H,21,22)/t11-/m0/s1. The summed E-state index contributed by atoms with van der Waals surface area (Å²) in [6, 6.07) is 7.28. The van der Waals surface area contributed by atoms with E-state index in [1.165, 1.54) is 37.3 Å². The molecular formula is C18H17F2NO5S. The molecule has 144 valence electrons. The fourth-order valence-corrected chi connectivity index (χ4v) is 2.90. The summed E-state index contributed by atoms with van der Waals surface area (Å²) in [5.41, 5.74) is 0.167. The molecule has 9 heteroatoms. The van der Waals surface area contributed by atoms with Crippen molar-refractivity contribution in [3.63, 3.8) is 0 Å². The van der Waals surface area contributed by atoms with Gasteiger partial charge in [-0.15, -0.1) is 0 Å². The minimum atomic E-state index is -3.39. The molecule has 0 saturated carbocycles. The van der Waals surface area contributed by atoms with Gasteiger partial charge in [-0.1, -0.05) is 6.07 Å². The van der Waals surface area contributed by atoms with Gasteiger partial charge in [-0.2, -0.15) is 0 Å². The molecule has 1 atom stereocenters. The van der Waals surface area contributed by atoms with Gasteiger partial charge in [0.1, 0.15) is 11.6 Å². The second-order valence-electron chi connectivity index (χ2n) is 5.83. The van der Waals surface area contributed by atoms with Crippen LogP contribution >= 0.6 is 0 Å². The van der Waals surface area contributed by atoms with Crippen molar-refractivity contribution in [2.75, 3.05) is 12.9 Å². The Morgan fingerprint density at radius 3 is 2.30 bits per heavy atom. The zero-order valence-corrected chi connectivity index (χ0v) is 15.3. The molecule has 1 N–H and O–H groups in total. The van der Waals surface area contributed by atoms with Crippen LogP contribution in [-0.2, 0) is 19.4 Å². The molecule has 2 aromatic carbocycles. The molecule has 0 fully saturated rings. The molecule has 0 unspecified atom stereocenters. The molecule has 0 radical (unpaired) electrons. The highest BCUT2D eigenvalue weighted by molar-refractivity contribution is 7.90. The quantitative estimate of drug-likeness (QED) is 0.756. The van der Waals surface area contributed by atoms with Gasteiger partial charge < -0.3 is 10.1 Å². The van der Waals surface area contributed by atoms with E-state index >= 15 is 0 Å². The Morgan fingerprint density at radius 1 is 1.11 bits per heavy atom. The van der Waals surface area contributed by atoms with Crippen LogP contribution in [0.25, 0.3) is 0 Å². The lowest BCUT2D eigenvalue weighted by Crippen LogP contribution is -2.31. The maximum Gasteiger partial charge on any atom is 0.338 e. The van der Waals surface area contributed by atoms with Crippen LogP contribution in [0.2, 0.25) is 0 Å². The maximum atomic E-state index is 13.7. The van der Waals surface area contributed by atoms with Crippen LogP contribution in [0.4, 0.5) is 8.78 Å². The lowest BCUT2D eigenvalue weighted by molar-refractivity contribution is -0.124. The Balaban J connectivity index is 1.92. The summed E-state index contributed by atoms with van der Waals surface area (Å²) < 4.78 is 54.2. The van der Waals surface area contributed by atoms with Gasteiger partial charge >= 0.3 is 5.97 Å². The van der Waals surface area contributed by atoms with Crippen molar-refractivity contribution in [3.05, 3.63) is 65.2 Å². The molecule has 0 heterocycles.